The number of carbonyl (C=O) groups excluding carboxylic acids is 3. The zero-order chi connectivity index (χ0) is 25.4. The maximum absolute atomic E-state index is 13.0. The lowest BCUT2D eigenvalue weighted by Crippen LogP contribution is -2.60. The highest BCUT2D eigenvalue weighted by Crippen LogP contribution is 2.19. The number of aliphatic hydroxyl groups excluding tert-OH is 1. The molecule has 1 aromatic carbocycles. The Bertz CT molecular complexity index is 1020. The molecule has 5 atom stereocenters. The van der Waals surface area contributed by atoms with Gasteiger partial charge in [0, 0.05) is 23.5 Å². The molecule has 5 unspecified atom stereocenters. The van der Waals surface area contributed by atoms with Crippen LogP contribution in [0, 0.1) is 5.92 Å². The monoisotopic (exact) mass is 475 g/mol. The van der Waals surface area contributed by atoms with E-state index in [9.17, 15) is 24.3 Å². The molecule has 0 aliphatic rings. The second-order valence-electron chi connectivity index (χ2n) is 8.37. The number of nitrogens with two attached hydrogens (primary N) is 1. The Morgan fingerprint density at radius 1 is 1.06 bits per heavy atom. The van der Waals surface area contributed by atoms with Gasteiger partial charge < -0.3 is 36.9 Å². The summed E-state index contributed by atoms with van der Waals surface area (Å²) < 4.78 is 0. The molecule has 0 saturated heterocycles. The fraction of sp³-hybridized carbons (Fsp3) is 0.478. The molecule has 2 aromatic rings. The Morgan fingerprint density at radius 3 is 2.35 bits per heavy atom. The molecule has 11 nitrogen and oxygen atoms in total. The summed E-state index contributed by atoms with van der Waals surface area (Å²) >= 11 is 0. The highest BCUT2D eigenvalue weighted by Gasteiger charge is 2.32. The summed E-state index contributed by atoms with van der Waals surface area (Å²) in [5.41, 5.74) is 7.49. The summed E-state index contributed by atoms with van der Waals surface area (Å²) in [5, 5.41) is 27.1. The van der Waals surface area contributed by atoms with E-state index in [0.717, 1.165) is 16.5 Å². The van der Waals surface area contributed by atoms with Gasteiger partial charge in [0.05, 0.1) is 12.1 Å². The van der Waals surface area contributed by atoms with Crippen LogP contribution < -0.4 is 21.7 Å². The number of carbonyl (C=O) groups is 4. The molecule has 1 heterocycles. The number of carboxylic acid groups (broad SMARTS) is 1. The Hall–Kier alpha value is -3.44. The van der Waals surface area contributed by atoms with Crippen molar-refractivity contribution >= 4 is 34.6 Å². The van der Waals surface area contributed by atoms with Crippen LogP contribution in [-0.4, -0.2) is 69.7 Å². The van der Waals surface area contributed by atoms with Crippen molar-refractivity contribution < 1.29 is 29.4 Å². The standard InChI is InChI=1S/C23H33N5O6/c1-4-12(2)19(24)22(33)28-20(13(3)29)23(34)27-17(21(32)26-11-18(30)31)9-14-10-25-16-8-6-5-7-15(14)16/h5-8,10,12-13,17,19-20,25,29H,4,9,11,24H2,1-3H3,(H,26,32)(H,27,34)(H,28,33)(H,30,31). The van der Waals surface area contributed by atoms with E-state index < -0.39 is 54.5 Å². The third-order valence-corrected chi connectivity index (χ3v) is 5.77. The SMILES string of the molecule is CCC(C)C(N)C(=O)NC(C(=O)NC(Cc1c[nH]c2ccccc12)C(=O)NCC(=O)O)C(C)O. The van der Waals surface area contributed by atoms with Crippen molar-refractivity contribution in [2.45, 2.75) is 57.8 Å². The number of aliphatic carboxylic acids is 1. The first kappa shape index (κ1) is 26.8. The normalized spacial score (nSPS) is 15.6. The summed E-state index contributed by atoms with van der Waals surface area (Å²) in [6.07, 6.45) is 1.13. The molecule has 1 aromatic heterocycles. The average molecular weight is 476 g/mol. The maximum Gasteiger partial charge on any atom is 0.322 e. The van der Waals surface area contributed by atoms with Crippen molar-refractivity contribution in [2.24, 2.45) is 11.7 Å². The summed E-state index contributed by atoms with van der Waals surface area (Å²) in [6, 6.07) is 3.99. The van der Waals surface area contributed by atoms with Gasteiger partial charge in [0.2, 0.25) is 17.7 Å². The van der Waals surface area contributed by atoms with Gasteiger partial charge in [-0.3, -0.25) is 19.2 Å². The van der Waals surface area contributed by atoms with Gasteiger partial charge in [-0.2, -0.15) is 0 Å². The molecule has 8 N–H and O–H groups in total. The van der Waals surface area contributed by atoms with Gasteiger partial charge >= 0.3 is 5.97 Å². The molecule has 0 aliphatic heterocycles. The number of hydrogen-bond acceptors (Lipinski definition) is 6. The molecule has 34 heavy (non-hydrogen) atoms. The Morgan fingerprint density at radius 2 is 1.74 bits per heavy atom. The van der Waals surface area contributed by atoms with Gasteiger partial charge in [-0.1, -0.05) is 38.5 Å². The molecule has 11 heteroatoms. The van der Waals surface area contributed by atoms with Crippen LogP contribution in [0.2, 0.25) is 0 Å². The number of carboxylic acids is 1. The zero-order valence-corrected chi connectivity index (χ0v) is 19.5. The van der Waals surface area contributed by atoms with Gasteiger partial charge in [-0.05, 0) is 24.5 Å². The van der Waals surface area contributed by atoms with E-state index in [0.29, 0.717) is 6.42 Å². The van der Waals surface area contributed by atoms with Gasteiger partial charge in [0.1, 0.15) is 18.6 Å². The van der Waals surface area contributed by atoms with Gasteiger partial charge in [-0.15, -0.1) is 0 Å². The number of hydrogen-bond donors (Lipinski definition) is 7. The lowest BCUT2D eigenvalue weighted by atomic mass is 9.98. The topological polar surface area (TPSA) is 187 Å². The van der Waals surface area contributed by atoms with E-state index in [4.69, 9.17) is 10.8 Å². The minimum Gasteiger partial charge on any atom is -0.480 e. The number of rotatable bonds is 12. The molecule has 3 amide bonds. The van der Waals surface area contributed by atoms with Crippen molar-refractivity contribution in [2.75, 3.05) is 6.54 Å². The molecular weight excluding hydrogens is 442 g/mol. The number of benzene rings is 1. The van der Waals surface area contributed by atoms with Crippen LogP contribution in [0.1, 0.15) is 32.8 Å². The van der Waals surface area contributed by atoms with Crippen LogP contribution in [-0.2, 0) is 25.6 Å². The van der Waals surface area contributed by atoms with Crippen molar-refractivity contribution in [1.82, 2.24) is 20.9 Å². The van der Waals surface area contributed by atoms with Crippen LogP contribution in [0.4, 0.5) is 0 Å². The number of H-pyrrole nitrogens is 1. The molecule has 2 rings (SSSR count). The maximum atomic E-state index is 13.0. The second-order valence-corrected chi connectivity index (χ2v) is 8.37. The van der Waals surface area contributed by atoms with E-state index in [1.807, 2.05) is 31.2 Å². The molecule has 0 spiro atoms. The number of aromatic amines is 1. The lowest BCUT2D eigenvalue weighted by molar-refractivity contribution is -0.138. The fourth-order valence-electron chi connectivity index (χ4n) is 3.44. The number of nitrogens with one attached hydrogen (secondary N) is 4. The quantitative estimate of drug-likeness (QED) is 0.218. The Balaban J connectivity index is 2.23. The summed E-state index contributed by atoms with van der Waals surface area (Å²) in [6.45, 7) is 4.38. The van der Waals surface area contributed by atoms with E-state index in [1.165, 1.54) is 6.92 Å². The molecule has 0 fully saturated rings. The summed E-state index contributed by atoms with van der Waals surface area (Å²) in [7, 11) is 0. The molecule has 0 bridgehead atoms. The smallest absolute Gasteiger partial charge is 0.322 e. The largest absolute Gasteiger partial charge is 0.480 e. The van der Waals surface area contributed by atoms with Crippen LogP contribution in [0.15, 0.2) is 30.5 Å². The van der Waals surface area contributed by atoms with Gasteiger partial charge in [-0.25, -0.2) is 0 Å². The van der Waals surface area contributed by atoms with E-state index in [-0.39, 0.29) is 12.3 Å². The molecule has 0 aliphatic carbocycles. The first-order chi connectivity index (χ1) is 16.0. The Kier molecular flexibility index (Phi) is 9.58. The van der Waals surface area contributed by atoms with Gasteiger partial charge in [0.25, 0.3) is 0 Å². The number of aliphatic hydroxyl groups is 1. The van der Waals surface area contributed by atoms with Crippen molar-refractivity contribution in [1.29, 1.82) is 0 Å². The third kappa shape index (κ3) is 7.03. The molecule has 0 radical (unpaired) electrons. The van der Waals surface area contributed by atoms with E-state index >= 15 is 0 Å². The first-order valence-corrected chi connectivity index (χ1v) is 11.1. The van der Waals surface area contributed by atoms with Crippen molar-refractivity contribution in [3.8, 4) is 0 Å². The molecule has 186 valence electrons. The second kappa shape index (κ2) is 12.1. The van der Waals surface area contributed by atoms with Crippen molar-refractivity contribution in [3.05, 3.63) is 36.0 Å². The minimum absolute atomic E-state index is 0.0497. The fourth-order valence-corrected chi connectivity index (χ4v) is 3.44. The van der Waals surface area contributed by atoms with E-state index in [2.05, 4.69) is 20.9 Å². The number of para-hydroxylation sites is 1. The lowest BCUT2D eigenvalue weighted by Gasteiger charge is -2.26. The number of fused-ring (bicyclic) bond motifs is 1. The summed E-state index contributed by atoms with van der Waals surface area (Å²) in [5.74, 6) is -3.49. The van der Waals surface area contributed by atoms with Crippen LogP contribution >= 0.6 is 0 Å². The minimum atomic E-state index is -1.36. The zero-order valence-electron chi connectivity index (χ0n) is 19.5. The number of aromatic nitrogens is 1. The van der Waals surface area contributed by atoms with Crippen LogP contribution in [0.3, 0.4) is 0 Å². The van der Waals surface area contributed by atoms with Crippen LogP contribution in [0.5, 0.6) is 0 Å². The van der Waals surface area contributed by atoms with Crippen LogP contribution in [0.25, 0.3) is 10.9 Å². The number of amides is 3. The average Bonchev–Trinajstić information content (AvgIpc) is 3.21. The first-order valence-electron chi connectivity index (χ1n) is 11.1. The Labute approximate surface area is 197 Å². The predicted octanol–water partition coefficient (Wildman–Crippen LogP) is -0.365. The van der Waals surface area contributed by atoms with E-state index in [1.54, 1.807) is 13.1 Å². The third-order valence-electron chi connectivity index (χ3n) is 5.77. The summed E-state index contributed by atoms with van der Waals surface area (Å²) in [4.78, 5) is 52.2. The highest BCUT2D eigenvalue weighted by atomic mass is 16.4. The predicted molar refractivity (Wildman–Crippen MR) is 126 cm³/mol. The molecule has 0 saturated carbocycles. The highest BCUT2D eigenvalue weighted by molar-refractivity contribution is 5.94. The van der Waals surface area contributed by atoms with Crippen molar-refractivity contribution in [3.63, 3.8) is 0 Å². The molecular formula is C23H33N5O6. The van der Waals surface area contributed by atoms with Gasteiger partial charge in [0.15, 0.2) is 0 Å².